The van der Waals surface area contributed by atoms with E-state index in [0.717, 1.165) is 10.0 Å². The maximum Gasteiger partial charge on any atom is 0.328 e. The Hall–Kier alpha value is -1.40. The maximum absolute atomic E-state index is 12.0. The molecule has 2 rings (SSSR count). The number of benzene rings is 1. The van der Waals surface area contributed by atoms with E-state index >= 15 is 0 Å². The summed E-state index contributed by atoms with van der Waals surface area (Å²) in [7, 11) is 0. The fraction of sp³-hybridized carbons (Fsp3) is 0.467. The lowest BCUT2D eigenvalue weighted by Crippen LogP contribution is -2.51. The van der Waals surface area contributed by atoms with Gasteiger partial charge in [0.05, 0.1) is 13.2 Å². The Bertz CT molecular complexity index is 534. The Kier molecular flexibility index (Phi) is 5.36. The predicted octanol–water partition coefficient (Wildman–Crippen LogP) is 2.30. The first kappa shape index (κ1) is 16.0. The van der Waals surface area contributed by atoms with Gasteiger partial charge in [-0.3, -0.25) is 4.79 Å². The van der Waals surface area contributed by atoms with Crippen molar-refractivity contribution < 1.29 is 19.1 Å². The van der Waals surface area contributed by atoms with Crippen LogP contribution in [0, 0.1) is 0 Å². The minimum absolute atomic E-state index is 0.0269. The second kappa shape index (κ2) is 7.04. The van der Waals surface area contributed by atoms with Crippen molar-refractivity contribution in [3.05, 3.63) is 34.3 Å². The van der Waals surface area contributed by atoms with Crippen LogP contribution in [0.2, 0.25) is 0 Å². The lowest BCUT2D eigenvalue weighted by atomic mass is 10.1. The van der Waals surface area contributed by atoms with Crippen LogP contribution in [-0.2, 0) is 19.1 Å². The lowest BCUT2D eigenvalue weighted by molar-refractivity contribution is -0.164. The number of hydrogen-bond acceptors (Lipinski definition) is 4. The van der Waals surface area contributed by atoms with E-state index in [2.05, 4.69) is 15.9 Å². The molecule has 1 aliphatic heterocycles. The third-order valence-electron chi connectivity index (χ3n) is 3.41. The van der Waals surface area contributed by atoms with E-state index in [9.17, 15) is 9.59 Å². The van der Waals surface area contributed by atoms with Crippen LogP contribution < -0.4 is 0 Å². The quantitative estimate of drug-likeness (QED) is 0.777. The van der Waals surface area contributed by atoms with Gasteiger partial charge in [0, 0.05) is 4.47 Å². The molecule has 0 bridgehead atoms. The van der Waals surface area contributed by atoms with E-state index in [1.54, 1.807) is 13.8 Å². The zero-order chi connectivity index (χ0) is 15.4. The molecule has 5 nitrogen and oxygen atoms in total. The molecule has 1 heterocycles. The second-order valence-corrected chi connectivity index (χ2v) is 5.74. The molecule has 1 aliphatic rings. The summed E-state index contributed by atoms with van der Waals surface area (Å²) in [6.07, 6.45) is -0.239. The number of esters is 1. The highest BCUT2D eigenvalue weighted by molar-refractivity contribution is 9.10. The molecule has 1 fully saturated rings. The Morgan fingerprint density at radius 3 is 3.00 bits per heavy atom. The molecule has 0 saturated carbocycles. The van der Waals surface area contributed by atoms with Gasteiger partial charge in [-0.1, -0.05) is 28.1 Å². The zero-order valence-corrected chi connectivity index (χ0v) is 13.6. The maximum atomic E-state index is 12.0. The molecule has 2 atom stereocenters. The van der Waals surface area contributed by atoms with Crippen molar-refractivity contribution in [2.24, 2.45) is 0 Å². The van der Waals surface area contributed by atoms with Crippen LogP contribution in [0.3, 0.4) is 0 Å². The minimum Gasteiger partial charge on any atom is -0.464 e. The summed E-state index contributed by atoms with van der Waals surface area (Å²) < 4.78 is 11.5. The standard InChI is InChI=1S/C15H18BrNO4/c1-3-20-15(19)10(2)17-8-13(21-9-14(17)18)11-5-4-6-12(16)7-11/h4-7,10,13H,3,8-9H2,1-2H3. The normalized spacial score (nSPS) is 20.2. The van der Waals surface area contributed by atoms with E-state index in [1.807, 2.05) is 24.3 Å². The molecule has 0 aliphatic carbocycles. The molecule has 1 aromatic rings. The van der Waals surface area contributed by atoms with E-state index in [-0.39, 0.29) is 24.6 Å². The first-order chi connectivity index (χ1) is 10.0. The minimum atomic E-state index is -0.601. The van der Waals surface area contributed by atoms with Crippen molar-refractivity contribution >= 4 is 27.8 Å². The van der Waals surface area contributed by atoms with Crippen molar-refractivity contribution in [1.29, 1.82) is 0 Å². The topological polar surface area (TPSA) is 55.8 Å². The molecule has 1 saturated heterocycles. The van der Waals surface area contributed by atoms with E-state index < -0.39 is 6.04 Å². The molecular weight excluding hydrogens is 338 g/mol. The second-order valence-electron chi connectivity index (χ2n) is 4.83. The Labute approximate surface area is 132 Å². The SMILES string of the molecule is CCOC(=O)C(C)N1CC(c2cccc(Br)c2)OCC1=O. The monoisotopic (exact) mass is 355 g/mol. The van der Waals surface area contributed by atoms with Gasteiger partial charge in [-0.15, -0.1) is 0 Å². The number of rotatable bonds is 4. The lowest BCUT2D eigenvalue weighted by Gasteiger charge is -2.35. The fourth-order valence-electron chi connectivity index (χ4n) is 2.26. The molecule has 0 radical (unpaired) electrons. The van der Waals surface area contributed by atoms with Crippen LogP contribution in [0.15, 0.2) is 28.7 Å². The van der Waals surface area contributed by atoms with Gasteiger partial charge in [-0.05, 0) is 31.5 Å². The molecule has 6 heteroatoms. The first-order valence-electron chi connectivity index (χ1n) is 6.86. The predicted molar refractivity (Wildman–Crippen MR) is 80.6 cm³/mol. The molecule has 1 amide bonds. The van der Waals surface area contributed by atoms with E-state index in [4.69, 9.17) is 9.47 Å². The molecule has 0 N–H and O–H groups in total. The van der Waals surface area contributed by atoms with Gasteiger partial charge in [0.25, 0.3) is 0 Å². The summed E-state index contributed by atoms with van der Waals surface area (Å²) in [5.74, 6) is -0.581. The molecule has 21 heavy (non-hydrogen) atoms. The number of carbonyl (C=O) groups is 2. The van der Waals surface area contributed by atoms with Crippen LogP contribution in [0.25, 0.3) is 0 Å². The van der Waals surface area contributed by atoms with Gasteiger partial charge >= 0.3 is 5.97 Å². The average Bonchev–Trinajstić information content (AvgIpc) is 2.47. The summed E-state index contributed by atoms with van der Waals surface area (Å²) >= 11 is 3.42. The summed E-state index contributed by atoms with van der Waals surface area (Å²) in [6.45, 7) is 4.04. The van der Waals surface area contributed by atoms with Gasteiger partial charge in [0.2, 0.25) is 5.91 Å². The van der Waals surface area contributed by atoms with Gasteiger partial charge in [-0.25, -0.2) is 4.79 Å². The van der Waals surface area contributed by atoms with E-state index in [1.165, 1.54) is 4.90 Å². The van der Waals surface area contributed by atoms with Crippen LogP contribution in [0.4, 0.5) is 0 Å². The van der Waals surface area contributed by atoms with Crippen molar-refractivity contribution in [2.45, 2.75) is 26.0 Å². The van der Waals surface area contributed by atoms with Crippen molar-refractivity contribution in [3.8, 4) is 0 Å². The Morgan fingerprint density at radius 1 is 1.57 bits per heavy atom. The fourth-order valence-corrected chi connectivity index (χ4v) is 2.68. The smallest absolute Gasteiger partial charge is 0.328 e. The number of halogens is 1. The zero-order valence-electron chi connectivity index (χ0n) is 12.0. The molecule has 0 aromatic heterocycles. The Morgan fingerprint density at radius 2 is 2.33 bits per heavy atom. The van der Waals surface area contributed by atoms with Gasteiger partial charge in [0.15, 0.2) is 0 Å². The van der Waals surface area contributed by atoms with Crippen LogP contribution in [0.5, 0.6) is 0 Å². The van der Waals surface area contributed by atoms with Crippen molar-refractivity contribution in [1.82, 2.24) is 4.90 Å². The molecule has 114 valence electrons. The van der Waals surface area contributed by atoms with Crippen LogP contribution in [-0.4, -0.2) is 42.6 Å². The summed E-state index contributed by atoms with van der Waals surface area (Å²) in [6, 6.07) is 7.14. The number of amides is 1. The van der Waals surface area contributed by atoms with Gasteiger partial charge < -0.3 is 14.4 Å². The third kappa shape index (κ3) is 3.83. The van der Waals surface area contributed by atoms with E-state index in [0.29, 0.717) is 13.2 Å². The van der Waals surface area contributed by atoms with Crippen molar-refractivity contribution in [3.63, 3.8) is 0 Å². The number of ether oxygens (including phenoxy) is 2. The summed E-state index contributed by atoms with van der Waals surface area (Å²) in [4.78, 5) is 25.3. The van der Waals surface area contributed by atoms with Crippen LogP contribution >= 0.6 is 15.9 Å². The number of hydrogen-bond donors (Lipinski definition) is 0. The highest BCUT2D eigenvalue weighted by atomic mass is 79.9. The number of nitrogens with zero attached hydrogens (tertiary/aromatic N) is 1. The number of morpholine rings is 1. The highest BCUT2D eigenvalue weighted by Crippen LogP contribution is 2.26. The molecular formula is C15H18BrNO4. The van der Waals surface area contributed by atoms with Gasteiger partial charge in [0.1, 0.15) is 18.8 Å². The molecule has 1 aromatic carbocycles. The summed E-state index contributed by atoms with van der Waals surface area (Å²) in [5, 5.41) is 0. The Balaban J connectivity index is 2.12. The van der Waals surface area contributed by atoms with Crippen molar-refractivity contribution in [2.75, 3.05) is 19.8 Å². The van der Waals surface area contributed by atoms with Gasteiger partial charge in [-0.2, -0.15) is 0 Å². The third-order valence-corrected chi connectivity index (χ3v) is 3.90. The molecule has 0 spiro atoms. The summed E-state index contributed by atoms with van der Waals surface area (Å²) in [5.41, 5.74) is 0.970. The molecule has 2 unspecified atom stereocenters. The first-order valence-corrected chi connectivity index (χ1v) is 7.65. The largest absolute Gasteiger partial charge is 0.464 e. The number of carbonyl (C=O) groups excluding carboxylic acids is 2. The van der Waals surface area contributed by atoms with Crippen LogP contribution in [0.1, 0.15) is 25.5 Å². The highest BCUT2D eigenvalue weighted by Gasteiger charge is 2.34. The average molecular weight is 356 g/mol.